The van der Waals surface area contributed by atoms with Crippen LogP contribution < -0.4 is 10.2 Å². The van der Waals surface area contributed by atoms with Crippen molar-refractivity contribution in [1.82, 2.24) is 20.0 Å². The molecule has 8 nitrogen and oxygen atoms in total. The number of carbonyl (C=O) groups is 1. The molecule has 0 aliphatic carbocycles. The van der Waals surface area contributed by atoms with E-state index in [1.165, 1.54) is 5.56 Å². The van der Waals surface area contributed by atoms with Gasteiger partial charge in [0, 0.05) is 31.0 Å². The van der Waals surface area contributed by atoms with E-state index in [0.717, 1.165) is 35.7 Å². The molecule has 0 radical (unpaired) electrons. The monoisotopic (exact) mass is 404 g/mol. The molecule has 4 heterocycles. The van der Waals surface area contributed by atoms with Crippen molar-refractivity contribution in [1.29, 1.82) is 0 Å². The molecule has 1 aromatic carbocycles. The smallest absolute Gasteiger partial charge is 0.226 e. The molecule has 1 fully saturated rings. The summed E-state index contributed by atoms with van der Waals surface area (Å²) in [6.45, 7) is 7.04. The number of aromatic nitrogens is 4. The van der Waals surface area contributed by atoms with Crippen molar-refractivity contribution in [3.8, 4) is 5.82 Å². The number of anilines is 2. The molecule has 1 atom stereocenters. The van der Waals surface area contributed by atoms with Crippen LogP contribution in [-0.4, -0.2) is 52.2 Å². The number of nitrogens with zero attached hydrogens (tertiary/aromatic N) is 5. The van der Waals surface area contributed by atoms with Crippen LogP contribution in [0, 0.1) is 13.8 Å². The van der Waals surface area contributed by atoms with E-state index in [-0.39, 0.29) is 11.8 Å². The van der Waals surface area contributed by atoms with Crippen LogP contribution in [-0.2, 0) is 9.53 Å². The largest absolute Gasteiger partial charge is 0.378 e. The lowest BCUT2D eigenvalue weighted by Crippen LogP contribution is -2.36. The molecule has 1 amide bonds. The Labute approximate surface area is 174 Å². The number of benzene rings is 1. The summed E-state index contributed by atoms with van der Waals surface area (Å²) in [6.07, 6.45) is 0.407. The van der Waals surface area contributed by atoms with E-state index in [2.05, 4.69) is 45.5 Å². The molecule has 2 aliphatic rings. The topological polar surface area (TPSA) is 85.2 Å². The van der Waals surface area contributed by atoms with E-state index in [0.29, 0.717) is 31.3 Å². The Morgan fingerprint density at radius 1 is 1.07 bits per heavy atom. The summed E-state index contributed by atoms with van der Waals surface area (Å²) >= 11 is 0. The van der Waals surface area contributed by atoms with Gasteiger partial charge in [-0.05, 0) is 31.5 Å². The molecule has 0 bridgehead atoms. The van der Waals surface area contributed by atoms with E-state index in [9.17, 15) is 4.79 Å². The quantitative estimate of drug-likeness (QED) is 0.722. The fourth-order valence-electron chi connectivity index (χ4n) is 4.28. The molecule has 0 unspecified atom stereocenters. The van der Waals surface area contributed by atoms with Crippen LogP contribution >= 0.6 is 0 Å². The van der Waals surface area contributed by atoms with Crippen molar-refractivity contribution < 1.29 is 9.53 Å². The third kappa shape index (κ3) is 3.33. The Kier molecular flexibility index (Phi) is 4.71. The van der Waals surface area contributed by atoms with Crippen molar-refractivity contribution >= 4 is 17.5 Å². The van der Waals surface area contributed by atoms with Crippen LogP contribution in [0.15, 0.2) is 36.4 Å². The Morgan fingerprint density at radius 2 is 1.83 bits per heavy atom. The average Bonchev–Trinajstić information content (AvgIpc) is 3.10. The summed E-state index contributed by atoms with van der Waals surface area (Å²) in [5, 5.41) is 16.5. The molecule has 8 heteroatoms. The lowest BCUT2D eigenvalue weighted by atomic mass is 9.85. The van der Waals surface area contributed by atoms with Gasteiger partial charge < -0.3 is 15.0 Å². The summed E-state index contributed by atoms with van der Waals surface area (Å²) in [5.41, 5.74) is 4.23. The molecule has 0 saturated carbocycles. The fourth-order valence-corrected chi connectivity index (χ4v) is 4.28. The van der Waals surface area contributed by atoms with Crippen LogP contribution in [0.5, 0.6) is 0 Å². The number of hydrogen-bond donors (Lipinski definition) is 1. The number of nitrogens with one attached hydrogen (secondary N) is 1. The van der Waals surface area contributed by atoms with Crippen LogP contribution in [0.3, 0.4) is 0 Å². The number of ether oxygens (including phenoxy) is 1. The summed E-state index contributed by atoms with van der Waals surface area (Å²) in [4.78, 5) is 14.7. The molecule has 5 rings (SSSR count). The predicted octanol–water partition coefficient (Wildman–Crippen LogP) is 2.59. The first-order valence-electron chi connectivity index (χ1n) is 10.2. The number of aryl methyl sites for hydroxylation is 2. The minimum Gasteiger partial charge on any atom is -0.378 e. The fraction of sp³-hybridized carbons (Fsp3) is 0.364. The maximum Gasteiger partial charge on any atom is 0.226 e. The minimum absolute atomic E-state index is 0.0203. The highest BCUT2D eigenvalue weighted by Gasteiger charge is 2.33. The Bertz CT molecular complexity index is 1090. The van der Waals surface area contributed by atoms with E-state index < -0.39 is 0 Å². The standard InChI is InChI=1S/C22H24N6O2/c1-14-4-3-5-16(12-14)17-13-20(29)23-22-21(17)15(2)26-28(22)19-7-6-18(24-25-19)27-8-10-30-11-9-27/h3-7,12,17H,8-11,13H2,1-2H3,(H,23,29)/t17-/m0/s1. The zero-order chi connectivity index (χ0) is 20.7. The molecule has 3 aromatic rings. The second-order valence-electron chi connectivity index (χ2n) is 7.83. The van der Waals surface area contributed by atoms with Crippen LogP contribution in [0.1, 0.15) is 34.7 Å². The van der Waals surface area contributed by atoms with Gasteiger partial charge in [-0.1, -0.05) is 29.8 Å². The third-order valence-corrected chi connectivity index (χ3v) is 5.74. The number of hydrogen-bond acceptors (Lipinski definition) is 6. The van der Waals surface area contributed by atoms with E-state index in [4.69, 9.17) is 9.84 Å². The van der Waals surface area contributed by atoms with Gasteiger partial charge in [0.05, 0.1) is 18.9 Å². The lowest BCUT2D eigenvalue weighted by molar-refractivity contribution is -0.116. The number of amides is 1. The zero-order valence-electron chi connectivity index (χ0n) is 17.1. The maximum absolute atomic E-state index is 12.5. The minimum atomic E-state index is -0.0250. The first-order valence-corrected chi connectivity index (χ1v) is 10.2. The number of rotatable bonds is 3. The molecular weight excluding hydrogens is 380 g/mol. The Morgan fingerprint density at radius 3 is 2.57 bits per heavy atom. The van der Waals surface area contributed by atoms with E-state index in [1.807, 2.05) is 25.1 Å². The molecule has 2 aliphatic heterocycles. The van der Waals surface area contributed by atoms with Gasteiger partial charge in [-0.25, -0.2) is 0 Å². The maximum atomic E-state index is 12.5. The zero-order valence-corrected chi connectivity index (χ0v) is 17.1. The molecule has 30 heavy (non-hydrogen) atoms. The molecule has 0 spiro atoms. The highest BCUT2D eigenvalue weighted by Crippen LogP contribution is 2.40. The van der Waals surface area contributed by atoms with Gasteiger partial charge in [0.2, 0.25) is 5.91 Å². The summed E-state index contributed by atoms with van der Waals surface area (Å²) in [5.74, 6) is 2.04. The first kappa shape index (κ1) is 18.7. The summed E-state index contributed by atoms with van der Waals surface area (Å²) in [6, 6.07) is 12.2. The molecule has 154 valence electrons. The van der Waals surface area contributed by atoms with Gasteiger partial charge in [-0.15, -0.1) is 10.2 Å². The van der Waals surface area contributed by atoms with Crippen molar-refractivity contribution in [2.75, 3.05) is 36.5 Å². The van der Waals surface area contributed by atoms with Crippen molar-refractivity contribution in [2.45, 2.75) is 26.2 Å². The highest BCUT2D eigenvalue weighted by atomic mass is 16.5. The van der Waals surface area contributed by atoms with Gasteiger partial charge in [0.25, 0.3) is 0 Å². The van der Waals surface area contributed by atoms with Crippen molar-refractivity contribution in [3.63, 3.8) is 0 Å². The van der Waals surface area contributed by atoms with Crippen molar-refractivity contribution in [3.05, 3.63) is 58.8 Å². The predicted molar refractivity (Wildman–Crippen MR) is 113 cm³/mol. The van der Waals surface area contributed by atoms with E-state index in [1.54, 1.807) is 4.68 Å². The van der Waals surface area contributed by atoms with Gasteiger partial charge in [-0.3, -0.25) is 4.79 Å². The normalized spacial score (nSPS) is 18.8. The third-order valence-electron chi connectivity index (χ3n) is 5.74. The van der Waals surface area contributed by atoms with Crippen LogP contribution in [0.4, 0.5) is 11.6 Å². The molecular formula is C22H24N6O2. The number of fused-ring (bicyclic) bond motifs is 1. The molecule has 1 N–H and O–H groups in total. The van der Waals surface area contributed by atoms with Crippen molar-refractivity contribution in [2.24, 2.45) is 0 Å². The summed E-state index contributed by atoms with van der Waals surface area (Å²) in [7, 11) is 0. The first-order chi connectivity index (χ1) is 14.6. The lowest BCUT2D eigenvalue weighted by Gasteiger charge is -2.27. The Hall–Kier alpha value is -3.26. The van der Waals surface area contributed by atoms with Gasteiger partial charge in [0.1, 0.15) is 5.82 Å². The van der Waals surface area contributed by atoms with Crippen LogP contribution in [0.25, 0.3) is 5.82 Å². The van der Waals surface area contributed by atoms with Gasteiger partial charge in [0.15, 0.2) is 11.6 Å². The number of carbonyl (C=O) groups excluding carboxylic acids is 1. The van der Waals surface area contributed by atoms with Gasteiger partial charge >= 0.3 is 0 Å². The number of morpholine rings is 1. The second-order valence-corrected chi connectivity index (χ2v) is 7.83. The van der Waals surface area contributed by atoms with Gasteiger partial charge in [-0.2, -0.15) is 9.78 Å². The highest BCUT2D eigenvalue weighted by molar-refractivity contribution is 5.95. The van der Waals surface area contributed by atoms with Crippen LogP contribution in [0.2, 0.25) is 0 Å². The average molecular weight is 404 g/mol. The second kappa shape index (κ2) is 7.53. The molecule has 2 aromatic heterocycles. The summed E-state index contributed by atoms with van der Waals surface area (Å²) < 4.78 is 7.09. The molecule has 1 saturated heterocycles. The Balaban J connectivity index is 1.52. The SMILES string of the molecule is Cc1cccc([C@@H]2CC(=O)Nc3c2c(C)nn3-c2ccc(N3CCOCC3)nn2)c1. The van der Waals surface area contributed by atoms with E-state index >= 15 is 0 Å².